The summed E-state index contributed by atoms with van der Waals surface area (Å²) in [7, 11) is 0. The van der Waals surface area contributed by atoms with E-state index < -0.39 is 11.9 Å². The maximum absolute atomic E-state index is 12.4. The molecule has 2 aromatic carbocycles. The standard InChI is InChI=1S/C32H46O5S2/c1-19-15-20(18-24(31(8,9)10)28(19)37-26(35)14-13-25(33)34)38-32(11,12)39-21-16-22(29(2,3)4)27(36)23(17-21)30(5,6)7/h15-18,36H,13-14H2,1-12H3,(H,33,34). The molecule has 0 aromatic heterocycles. The molecule has 2 rings (SSSR count). The molecule has 2 N–H and O–H groups in total. The first-order valence-corrected chi connectivity index (χ1v) is 15.0. The van der Waals surface area contributed by atoms with Gasteiger partial charge < -0.3 is 14.9 Å². The number of carbonyl (C=O) groups excluding carboxylic acids is 1. The predicted octanol–water partition coefficient (Wildman–Crippen LogP) is 8.98. The molecule has 0 saturated carbocycles. The molecular formula is C32H46O5S2. The van der Waals surface area contributed by atoms with Crippen molar-refractivity contribution in [3.05, 3.63) is 46.5 Å². The molecule has 7 heteroatoms. The van der Waals surface area contributed by atoms with Gasteiger partial charge in [-0.1, -0.05) is 62.3 Å². The summed E-state index contributed by atoms with van der Waals surface area (Å²) in [5, 5.41) is 20.0. The van der Waals surface area contributed by atoms with Crippen LogP contribution in [0.15, 0.2) is 34.1 Å². The van der Waals surface area contributed by atoms with E-state index in [1.165, 1.54) is 0 Å². The molecule has 0 bridgehead atoms. The van der Waals surface area contributed by atoms with Gasteiger partial charge in [0.15, 0.2) is 0 Å². The number of hydrogen-bond acceptors (Lipinski definition) is 6. The zero-order valence-corrected chi connectivity index (χ0v) is 27.3. The van der Waals surface area contributed by atoms with Crippen LogP contribution in [0, 0.1) is 6.92 Å². The van der Waals surface area contributed by atoms with Crippen molar-refractivity contribution >= 4 is 35.5 Å². The quantitative estimate of drug-likeness (QED) is 0.141. The number of aromatic hydroxyl groups is 1. The summed E-state index contributed by atoms with van der Waals surface area (Å²) in [6, 6.07) is 8.34. The van der Waals surface area contributed by atoms with Gasteiger partial charge in [-0.05, 0) is 66.8 Å². The lowest BCUT2D eigenvalue weighted by Gasteiger charge is -2.30. The molecule has 39 heavy (non-hydrogen) atoms. The molecular weight excluding hydrogens is 528 g/mol. The summed E-state index contributed by atoms with van der Waals surface area (Å²) >= 11 is 3.50. The minimum atomic E-state index is -1.02. The highest BCUT2D eigenvalue weighted by Gasteiger charge is 2.30. The van der Waals surface area contributed by atoms with Crippen LogP contribution < -0.4 is 4.74 Å². The van der Waals surface area contributed by atoms with Crippen LogP contribution in [-0.2, 0) is 25.8 Å². The third kappa shape index (κ3) is 9.21. The highest BCUT2D eigenvalue weighted by atomic mass is 32.2. The smallest absolute Gasteiger partial charge is 0.311 e. The Morgan fingerprint density at radius 3 is 1.54 bits per heavy atom. The fraction of sp³-hybridized carbons (Fsp3) is 0.562. The molecule has 0 atom stereocenters. The lowest BCUT2D eigenvalue weighted by Crippen LogP contribution is -2.19. The molecule has 0 radical (unpaired) electrons. The predicted molar refractivity (Wildman–Crippen MR) is 164 cm³/mol. The fourth-order valence-corrected chi connectivity index (χ4v) is 6.91. The zero-order chi connectivity index (χ0) is 30.1. The van der Waals surface area contributed by atoms with Crippen LogP contribution in [0.3, 0.4) is 0 Å². The third-order valence-electron chi connectivity index (χ3n) is 6.24. The van der Waals surface area contributed by atoms with Crippen LogP contribution in [0.2, 0.25) is 0 Å². The molecule has 0 aliphatic rings. The number of ether oxygens (including phenoxy) is 1. The van der Waals surface area contributed by atoms with Crippen molar-refractivity contribution in [1.82, 2.24) is 0 Å². The summed E-state index contributed by atoms with van der Waals surface area (Å²) in [6.45, 7) is 25.2. The van der Waals surface area contributed by atoms with Crippen molar-refractivity contribution in [3.8, 4) is 11.5 Å². The lowest BCUT2D eigenvalue weighted by molar-refractivity contribution is -0.142. The summed E-state index contributed by atoms with van der Waals surface area (Å²) in [5.41, 5.74) is 2.94. The molecule has 216 valence electrons. The van der Waals surface area contributed by atoms with E-state index in [4.69, 9.17) is 9.84 Å². The van der Waals surface area contributed by atoms with Gasteiger partial charge >= 0.3 is 11.9 Å². The number of aliphatic carboxylic acids is 1. The normalized spacial score (nSPS) is 12.9. The number of phenols is 1. The Bertz CT molecular complexity index is 1190. The number of carboxylic acid groups (broad SMARTS) is 1. The van der Waals surface area contributed by atoms with Gasteiger partial charge in [-0.3, -0.25) is 9.59 Å². The molecule has 0 unspecified atom stereocenters. The molecule has 0 fully saturated rings. The number of hydrogen-bond donors (Lipinski definition) is 2. The van der Waals surface area contributed by atoms with E-state index >= 15 is 0 Å². The van der Waals surface area contributed by atoms with E-state index in [-0.39, 0.29) is 33.2 Å². The van der Waals surface area contributed by atoms with E-state index in [0.29, 0.717) is 11.5 Å². The van der Waals surface area contributed by atoms with E-state index in [9.17, 15) is 14.7 Å². The van der Waals surface area contributed by atoms with Gasteiger partial charge in [-0.15, -0.1) is 23.5 Å². The summed E-state index contributed by atoms with van der Waals surface area (Å²) in [6.07, 6.45) is -0.425. The molecule has 0 aliphatic carbocycles. The van der Waals surface area contributed by atoms with Crippen LogP contribution in [0.5, 0.6) is 11.5 Å². The number of carboxylic acids is 1. The second kappa shape index (κ2) is 11.8. The number of benzene rings is 2. The number of thioether (sulfide) groups is 2. The highest BCUT2D eigenvalue weighted by molar-refractivity contribution is 8.18. The largest absolute Gasteiger partial charge is 0.507 e. The van der Waals surface area contributed by atoms with Crippen molar-refractivity contribution in [1.29, 1.82) is 0 Å². The van der Waals surface area contributed by atoms with Gasteiger partial charge in [0.1, 0.15) is 11.5 Å². The minimum Gasteiger partial charge on any atom is -0.507 e. The number of aryl methyl sites for hydroxylation is 1. The van der Waals surface area contributed by atoms with Crippen molar-refractivity contribution in [2.75, 3.05) is 0 Å². The summed E-state index contributed by atoms with van der Waals surface area (Å²) < 4.78 is 5.45. The first kappa shape index (κ1) is 33.1. The first-order chi connectivity index (χ1) is 17.5. The van der Waals surface area contributed by atoms with Gasteiger partial charge in [0.05, 0.1) is 16.9 Å². The van der Waals surface area contributed by atoms with Gasteiger partial charge in [-0.2, -0.15) is 0 Å². The number of rotatable bonds is 8. The van der Waals surface area contributed by atoms with Crippen molar-refractivity contribution < 1.29 is 24.5 Å². The number of carbonyl (C=O) groups is 2. The Morgan fingerprint density at radius 1 is 0.718 bits per heavy atom. The summed E-state index contributed by atoms with van der Waals surface area (Å²) in [5.74, 6) is -0.678. The van der Waals surface area contributed by atoms with E-state index in [0.717, 1.165) is 32.0 Å². The van der Waals surface area contributed by atoms with E-state index in [1.54, 1.807) is 23.5 Å². The lowest BCUT2D eigenvalue weighted by atomic mass is 9.79. The van der Waals surface area contributed by atoms with Crippen LogP contribution in [0.4, 0.5) is 0 Å². The van der Waals surface area contributed by atoms with Gasteiger partial charge in [-0.25, -0.2) is 0 Å². The Labute approximate surface area is 243 Å². The van der Waals surface area contributed by atoms with Crippen LogP contribution in [-0.4, -0.2) is 26.2 Å². The van der Waals surface area contributed by atoms with Crippen LogP contribution in [0.25, 0.3) is 0 Å². The highest BCUT2D eigenvalue weighted by Crippen LogP contribution is 2.50. The van der Waals surface area contributed by atoms with Crippen molar-refractivity contribution in [2.24, 2.45) is 0 Å². The monoisotopic (exact) mass is 574 g/mol. The Morgan fingerprint density at radius 2 is 1.13 bits per heavy atom. The average molecular weight is 575 g/mol. The Kier molecular flexibility index (Phi) is 9.99. The SMILES string of the molecule is Cc1cc(SC(C)(C)Sc2cc(C(C)(C)C)c(O)c(C(C)(C)C)c2)cc(C(C)(C)C)c1OC(=O)CCC(=O)O. The van der Waals surface area contributed by atoms with Gasteiger partial charge in [0, 0.05) is 26.5 Å². The third-order valence-corrected chi connectivity index (χ3v) is 8.67. The van der Waals surface area contributed by atoms with Crippen molar-refractivity contribution in [2.45, 2.75) is 126 Å². The molecule has 5 nitrogen and oxygen atoms in total. The molecule has 2 aromatic rings. The molecule has 0 heterocycles. The average Bonchev–Trinajstić information content (AvgIpc) is 2.72. The first-order valence-electron chi connectivity index (χ1n) is 13.3. The number of phenolic OH excluding ortho intramolecular Hbond substituents is 1. The second-order valence-corrected chi connectivity index (χ2v) is 17.4. The molecule has 0 aliphatic heterocycles. The fourth-order valence-electron chi connectivity index (χ4n) is 4.26. The second-order valence-electron chi connectivity index (χ2n) is 13.7. The minimum absolute atomic E-state index is 0.168. The van der Waals surface area contributed by atoms with Crippen LogP contribution in [0.1, 0.15) is 111 Å². The summed E-state index contributed by atoms with van der Waals surface area (Å²) in [4.78, 5) is 25.4. The Hall–Kier alpha value is -2.12. The van der Waals surface area contributed by atoms with Crippen molar-refractivity contribution in [3.63, 3.8) is 0 Å². The van der Waals surface area contributed by atoms with E-state index in [2.05, 4.69) is 94.4 Å². The molecule has 0 saturated heterocycles. The molecule has 0 amide bonds. The topological polar surface area (TPSA) is 83.8 Å². The van der Waals surface area contributed by atoms with Gasteiger partial charge in [0.2, 0.25) is 0 Å². The maximum Gasteiger partial charge on any atom is 0.311 e. The van der Waals surface area contributed by atoms with Crippen LogP contribution >= 0.6 is 23.5 Å². The number of esters is 1. The van der Waals surface area contributed by atoms with E-state index in [1.807, 2.05) is 13.0 Å². The molecule has 0 spiro atoms. The zero-order valence-electron chi connectivity index (χ0n) is 25.7. The maximum atomic E-state index is 12.4. The Balaban J connectivity index is 2.45. The van der Waals surface area contributed by atoms with Gasteiger partial charge in [0.25, 0.3) is 0 Å².